The molecular formula is C58H83N11O14. The van der Waals surface area contributed by atoms with Crippen LogP contribution in [-0.2, 0) is 67.2 Å². The fourth-order valence-corrected chi connectivity index (χ4v) is 9.07. The van der Waals surface area contributed by atoms with Crippen LogP contribution in [0.5, 0.6) is 5.75 Å². The van der Waals surface area contributed by atoms with Gasteiger partial charge in [0.25, 0.3) is 0 Å². The van der Waals surface area contributed by atoms with E-state index in [1.165, 1.54) is 31.2 Å². The summed E-state index contributed by atoms with van der Waals surface area (Å²) in [7, 11) is 0. The summed E-state index contributed by atoms with van der Waals surface area (Å²) in [6.07, 6.45) is 1.99. The average molecular weight is 1160 g/mol. The molecule has 3 aromatic carbocycles. The van der Waals surface area contributed by atoms with Crippen molar-refractivity contribution in [1.29, 1.82) is 0 Å². The van der Waals surface area contributed by atoms with Crippen LogP contribution in [0.25, 0.3) is 0 Å². The number of carbonyl (C=O) groups is 10. The number of rotatable bonds is 23. The minimum absolute atomic E-state index is 0.00616. The van der Waals surface area contributed by atoms with E-state index in [2.05, 4.69) is 47.9 Å². The van der Waals surface area contributed by atoms with E-state index >= 15 is 0 Å². The van der Waals surface area contributed by atoms with Gasteiger partial charge in [-0.15, -0.1) is 0 Å². The topological polar surface area (TPSA) is 412 Å². The molecule has 25 nitrogen and oxygen atoms in total. The number of amides is 9. The van der Waals surface area contributed by atoms with Crippen molar-refractivity contribution in [2.45, 2.75) is 165 Å². The van der Waals surface area contributed by atoms with Gasteiger partial charge in [-0.1, -0.05) is 119 Å². The highest BCUT2D eigenvalue weighted by molar-refractivity contribution is 5.98. The van der Waals surface area contributed by atoms with Crippen molar-refractivity contribution in [3.8, 4) is 5.75 Å². The minimum Gasteiger partial charge on any atom is -0.508 e. The van der Waals surface area contributed by atoms with Crippen LogP contribution in [-0.4, -0.2) is 160 Å². The lowest BCUT2D eigenvalue weighted by molar-refractivity contribution is -0.142. The number of nitrogens with one attached hydrogen (secondary N) is 9. The first-order chi connectivity index (χ1) is 39.7. The third-order valence-electron chi connectivity index (χ3n) is 14.3. The number of hydrogen-bond acceptors (Lipinski definition) is 15. The van der Waals surface area contributed by atoms with Gasteiger partial charge in [-0.25, -0.2) is 4.79 Å². The Morgan fingerprint density at radius 2 is 1.14 bits per heavy atom. The van der Waals surface area contributed by atoms with Gasteiger partial charge in [0.15, 0.2) is 0 Å². The van der Waals surface area contributed by atoms with Gasteiger partial charge in [0.2, 0.25) is 53.2 Å². The summed E-state index contributed by atoms with van der Waals surface area (Å²) < 4.78 is 0. The Kier molecular flexibility index (Phi) is 28.5. The molecule has 454 valence electrons. The lowest BCUT2D eigenvalue weighted by Crippen LogP contribution is -2.61. The predicted molar refractivity (Wildman–Crippen MR) is 305 cm³/mol. The molecule has 0 aromatic heterocycles. The number of aromatic hydroxyl groups is 1. The first-order valence-corrected chi connectivity index (χ1v) is 28.2. The summed E-state index contributed by atoms with van der Waals surface area (Å²) in [5.41, 5.74) is 13.3. The van der Waals surface area contributed by atoms with Crippen LogP contribution < -0.4 is 59.3 Å². The number of hydrogen-bond donors (Lipinski definition) is 15. The summed E-state index contributed by atoms with van der Waals surface area (Å²) in [6.45, 7) is 3.32. The number of aliphatic hydroxyl groups is 2. The third-order valence-corrected chi connectivity index (χ3v) is 14.3. The number of aliphatic hydroxyl groups excluding tert-OH is 2. The zero-order valence-electron chi connectivity index (χ0n) is 47.3. The molecule has 1 fully saturated rings. The fourth-order valence-electron chi connectivity index (χ4n) is 9.07. The molecule has 3 aromatic rings. The van der Waals surface area contributed by atoms with E-state index in [9.17, 15) is 68.4 Å². The Bertz CT molecular complexity index is 2620. The number of phenolic OH excluding ortho intramolecular Hbond substituents is 1. The van der Waals surface area contributed by atoms with Crippen molar-refractivity contribution in [3.05, 3.63) is 102 Å². The number of carboxylic acid groups (broad SMARTS) is 1. The fraction of sp³-hybridized carbons (Fsp3) is 0.517. The predicted octanol–water partition coefficient (Wildman–Crippen LogP) is -1.27. The molecule has 17 N–H and O–H groups in total. The molecule has 11 atom stereocenters. The van der Waals surface area contributed by atoms with Gasteiger partial charge >= 0.3 is 5.97 Å². The Morgan fingerprint density at radius 3 is 1.70 bits per heavy atom. The van der Waals surface area contributed by atoms with Gasteiger partial charge in [-0.2, -0.15) is 0 Å². The molecule has 1 saturated heterocycles. The minimum atomic E-state index is -1.72. The maximum Gasteiger partial charge on any atom is 0.326 e. The lowest BCUT2D eigenvalue weighted by atomic mass is 9.96. The van der Waals surface area contributed by atoms with Crippen LogP contribution in [0.3, 0.4) is 0 Å². The first kappa shape index (κ1) is 67.5. The van der Waals surface area contributed by atoms with E-state index < -0.39 is 139 Å². The van der Waals surface area contributed by atoms with E-state index in [0.29, 0.717) is 48.8 Å². The Hall–Kier alpha value is -8.00. The van der Waals surface area contributed by atoms with Gasteiger partial charge in [0.05, 0.1) is 13.2 Å². The maximum absolute atomic E-state index is 14.6. The standard InChI is InChI=1S/C58H83N11O14/c1-4-34(2)48(57(81)61-35(3)49(73)67-46(58(82)83)31-37-19-11-8-12-20-37)69-53(77)43-22-14-6-5-13-21-41(62-50(74)40(60)32-70)51(75)63-42(23-15-16-28-59)52(76)65-45(30-38-24-26-39(72)27-25-38)54(78)66-44(29-36-17-9-7-10-18-36)55(79)68-47(33-71)56(80)64-43/h7-12,17-20,24-27,34-35,40-48,70-72H,4-6,13-16,21-23,28-33,59-60H2,1-3H3,(H,61,81)(H,62,74)(H,63,75)(H,64,80)(H,65,76)(H,66,78)(H,67,73)(H,68,79)(H,69,77)(H,82,83)/t34-,35-,40-,41?,42-,43?,44-,45-,46-,47?,48-/m0/s1. The number of benzene rings is 3. The molecule has 1 aliphatic heterocycles. The molecule has 4 rings (SSSR count). The van der Waals surface area contributed by atoms with Gasteiger partial charge in [-0.3, -0.25) is 43.2 Å². The molecule has 0 radical (unpaired) electrons. The van der Waals surface area contributed by atoms with E-state index in [1.54, 1.807) is 74.5 Å². The van der Waals surface area contributed by atoms with Crippen LogP contribution in [0.4, 0.5) is 0 Å². The number of phenols is 1. The summed E-state index contributed by atoms with van der Waals surface area (Å²) >= 11 is 0. The van der Waals surface area contributed by atoms with Gasteiger partial charge in [0, 0.05) is 19.3 Å². The van der Waals surface area contributed by atoms with E-state index in [1.807, 2.05) is 0 Å². The molecule has 25 heteroatoms. The maximum atomic E-state index is 14.6. The monoisotopic (exact) mass is 1160 g/mol. The van der Waals surface area contributed by atoms with Crippen LogP contribution in [0, 0.1) is 5.92 Å². The van der Waals surface area contributed by atoms with Gasteiger partial charge < -0.3 is 79.7 Å². The Labute approximate surface area is 483 Å². The van der Waals surface area contributed by atoms with Crippen molar-refractivity contribution in [2.24, 2.45) is 17.4 Å². The van der Waals surface area contributed by atoms with Crippen molar-refractivity contribution < 1.29 is 68.4 Å². The van der Waals surface area contributed by atoms with Crippen LogP contribution in [0.15, 0.2) is 84.9 Å². The number of unbranched alkanes of at least 4 members (excludes halogenated alkanes) is 1. The molecule has 1 aliphatic rings. The zero-order valence-corrected chi connectivity index (χ0v) is 47.3. The molecule has 1 heterocycles. The molecule has 0 aliphatic carbocycles. The second-order valence-corrected chi connectivity index (χ2v) is 20.9. The van der Waals surface area contributed by atoms with Crippen molar-refractivity contribution >= 4 is 59.1 Å². The van der Waals surface area contributed by atoms with Crippen molar-refractivity contribution in [2.75, 3.05) is 19.8 Å². The highest BCUT2D eigenvalue weighted by atomic mass is 16.4. The van der Waals surface area contributed by atoms with E-state index in [-0.39, 0.29) is 63.7 Å². The van der Waals surface area contributed by atoms with Crippen LogP contribution in [0.2, 0.25) is 0 Å². The summed E-state index contributed by atoms with van der Waals surface area (Å²) in [6, 6.07) is 8.95. The molecule has 3 unspecified atom stereocenters. The second kappa shape index (κ2) is 35.1. The van der Waals surface area contributed by atoms with Crippen molar-refractivity contribution in [1.82, 2.24) is 47.9 Å². The molecule has 0 saturated carbocycles. The molecular weight excluding hydrogens is 1070 g/mol. The Balaban J connectivity index is 1.71. The van der Waals surface area contributed by atoms with Crippen molar-refractivity contribution in [3.63, 3.8) is 0 Å². The number of nitrogens with two attached hydrogens (primary N) is 2. The molecule has 83 heavy (non-hydrogen) atoms. The first-order valence-electron chi connectivity index (χ1n) is 28.2. The number of aliphatic carboxylic acids is 1. The summed E-state index contributed by atoms with van der Waals surface area (Å²) in [4.78, 5) is 139. The lowest BCUT2D eigenvalue weighted by Gasteiger charge is -2.29. The summed E-state index contributed by atoms with van der Waals surface area (Å²) in [5, 5.41) is 63.8. The average Bonchev–Trinajstić information content (AvgIpc) is 3.58. The SMILES string of the molecule is CC[C@H](C)[C@H](NC(=O)C1CCCCCCC(NC(=O)[C@@H](N)CO)C(=O)N[C@@H](CCCCN)C(=O)N[C@@H](Cc2ccc(O)cc2)C(=O)N[C@@H](Cc2ccccc2)C(=O)NC(CO)C(=O)N1)C(=O)N[C@@H](C)C(=O)N[C@@H](Cc1ccccc1)C(=O)O. The van der Waals surface area contributed by atoms with Gasteiger partial charge in [0.1, 0.15) is 66.2 Å². The normalized spacial score (nSPS) is 21.6. The second-order valence-electron chi connectivity index (χ2n) is 20.9. The summed E-state index contributed by atoms with van der Waals surface area (Å²) in [5.74, 6) is -9.67. The number of carbonyl (C=O) groups excluding carboxylic acids is 9. The smallest absolute Gasteiger partial charge is 0.326 e. The highest BCUT2D eigenvalue weighted by Gasteiger charge is 2.36. The van der Waals surface area contributed by atoms with Crippen LogP contribution in [0.1, 0.15) is 102 Å². The zero-order chi connectivity index (χ0) is 61.0. The van der Waals surface area contributed by atoms with Crippen LogP contribution >= 0.6 is 0 Å². The quantitative estimate of drug-likeness (QED) is 0.0492. The third kappa shape index (κ3) is 22.7. The van der Waals surface area contributed by atoms with E-state index in [0.717, 1.165) is 0 Å². The largest absolute Gasteiger partial charge is 0.508 e. The number of carboxylic acids is 1. The van der Waals surface area contributed by atoms with E-state index in [4.69, 9.17) is 11.5 Å². The Morgan fingerprint density at radius 1 is 0.614 bits per heavy atom. The molecule has 0 spiro atoms. The molecule has 9 amide bonds. The van der Waals surface area contributed by atoms with Gasteiger partial charge in [-0.05, 0) is 80.3 Å². The highest BCUT2D eigenvalue weighted by Crippen LogP contribution is 2.17. The molecule has 0 bridgehead atoms.